The van der Waals surface area contributed by atoms with E-state index in [2.05, 4.69) is 15.9 Å². The lowest BCUT2D eigenvalue weighted by molar-refractivity contribution is 0.101. The Bertz CT molecular complexity index is 310. The summed E-state index contributed by atoms with van der Waals surface area (Å²) in [5.41, 5.74) is 1.60. The van der Waals surface area contributed by atoms with Gasteiger partial charge in [0.25, 0.3) is 0 Å². The number of carbonyl (C=O) groups is 1. The first-order chi connectivity index (χ1) is 5.52. The standard InChI is InChI=1S/C9H8BrClO/c1-5-3-7(6(2)12)4-8(10)9(5)11/h3-4H,1-2H3. The van der Waals surface area contributed by atoms with Crippen LogP contribution in [0.15, 0.2) is 16.6 Å². The molecule has 0 aliphatic heterocycles. The van der Waals surface area contributed by atoms with Crippen LogP contribution in [-0.2, 0) is 0 Å². The van der Waals surface area contributed by atoms with Crippen LogP contribution in [0.5, 0.6) is 0 Å². The largest absolute Gasteiger partial charge is 0.295 e. The first-order valence-corrected chi connectivity index (χ1v) is 4.66. The minimum Gasteiger partial charge on any atom is -0.295 e. The second-order valence-corrected chi connectivity index (χ2v) is 3.88. The summed E-state index contributed by atoms with van der Waals surface area (Å²) in [5.74, 6) is 0.0514. The van der Waals surface area contributed by atoms with Crippen LogP contribution < -0.4 is 0 Å². The molecule has 0 bridgehead atoms. The van der Waals surface area contributed by atoms with Gasteiger partial charge in [-0.2, -0.15) is 0 Å². The van der Waals surface area contributed by atoms with Gasteiger partial charge in [0.05, 0.1) is 5.02 Å². The smallest absolute Gasteiger partial charge is 0.159 e. The van der Waals surface area contributed by atoms with Crippen molar-refractivity contribution in [2.75, 3.05) is 0 Å². The molecule has 0 saturated carbocycles. The van der Waals surface area contributed by atoms with Crippen molar-refractivity contribution in [2.24, 2.45) is 0 Å². The second-order valence-electron chi connectivity index (χ2n) is 2.65. The van der Waals surface area contributed by atoms with E-state index >= 15 is 0 Å². The molecule has 64 valence electrons. The molecule has 0 aromatic heterocycles. The van der Waals surface area contributed by atoms with Crippen molar-refractivity contribution < 1.29 is 4.79 Å². The molecule has 0 aliphatic rings. The van der Waals surface area contributed by atoms with Crippen molar-refractivity contribution in [3.8, 4) is 0 Å². The van der Waals surface area contributed by atoms with E-state index in [4.69, 9.17) is 11.6 Å². The molecule has 0 amide bonds. The number of rotatable bonds is 1. The van der Waals surface area contributed by atoms with Gasteiger partial charge in [-0.3, -0.25) is 4.79 Å². The molecule has 0 radical (unpaired) electrons. The molecule has 1 rings (SSSR count). The van der Waals surface area contributed by atoms with Gasteiger partial charge in [-0.15, -0.1) is 0 Å². The maximum atomic E-state index is 11.0. The molecule has 3 heteroatoms. The zero-order valence-electron chi connectivity index (χ0n) is 6.82. The summed E-state index contributed by atoms with van der Waals surface area (Å²) in [6.07, 6.45) is 0. The summed E-state index contributed by atoms with van der Waals surface area (Å²) in [4.78, 5) is 11.0. The van der Waals surface area contributed by atoms with E-state index in [9.17, 15) is 4.79 Å². The van der Waals surface area contributed by atoms with Gasteiger partial charge in [-0.25, -0.2) is 0 Å². The minimum atomic E-state index is 0.0514. The molecule has 0 N–H and O–H groups in total. The van der Waals surface area contributed by atoms with Crippen LogP contribution in [-0.4, -0.2) is 5.78 Å². The molecule has 0 fully saturated rings. The van der Waals surface area contributed by atoms with Crippen LogP contribution in [0.2, 0.25) is 5.02 Å². The van der Waals surface area contributed by atoms with Crippen molar-refractivity contribution in [3.05, 3.63) is 32.8 Å². The monoisotopic (exact) mass is 246 g/mol. The van der Waals surface area contributed by atoms with Gasteiger partial charge in [0.1, 0.15) is 0 Å². The highest BCUT2D eigenvalue weighted by atomic mass is 79.9. The fraction of sp³-hybridized carbons (Fsp3) is 0.222. The molecular weight excluding hydrogens is 239 g/mol. The van der Waals surface area contributed by atoms with Crippen LogP contribution in [0.3, 0.4) is 0 Å². The number of ketones is 1. The van der Waals surface area contributed by atoms with Crippen molar-refractivity contribution in [1.29, 1.82) is 0 Å². The summed E-state index contributed by atoms with van der Waals surface area (Å²) >= 11 is 9.18. The lowest BCUT2D eigenvalue weighted by atomic mass is 10.1. The zero-order valence-corrected chi connectivity index (χ0v) is 9.16. The Morgan fingerprint density at radius 2 is 2.08 bits per heavy atom. The number of benzene rings is 1. The summed E-state index contributed by atoms with van der Waals surface area (Å²) in [6.45, 7) is 3.41. The predicted molar refractivity (Wildman–Crippen MR) is 53.9 cm³/mol. The predicted octanol–water partition coefficient (Wildman–Crippen LogP) is 3.61. The van der Waals surface area contributed by atoms with Gasteiger partial charge < -0.3 is 0 Å². The van der Waals surface area contributed by atoms with Crippen LogP contribution in [0.25, 0.3) is 0 Å². The van der Waals surface area contributed by atoms with E-state index in [0.717, 1.165) is 10.0 Å². The molecule has 0 saturated heterocycles. The van der Waals surface area contributed by atoms with Gasteiger partial charge in [0.15, 0.2) is 5.78 Å². The Hall–Kier alpha value is -0.340. The first-order valence-electron chi connectivity index (χ1n) is 3.49. The summed E-state index contributed by atoms with van der Waals surface area (Å²) in [7, 11) is 0. The summed E-state index contributed by atoms with van der Waals surface area (Å²) in [5, 5.41) is 0.667. The molecule has 0 heterocycles. The van der Waals surface area contributed by atoms with Crippen molar-refractivity contribution in [3.63, 3.8) is 0 Å². The SMILES string of the molecule is CC(=O)c1cc(C)c(Cl)c(Br)c1. The summed E-state index contributed by atoms with van der Waals surface area (Å²) in [6, 6.07) is 3.52. The third-order valence-electron chi connectivity index (χ3n) is 1.62. The van der Waals surface area contributed by atoms with E-state index in [1.54, 1.807) is 12.1 Å². The lowest BCUT2D eigenvalue weighted by Gasteiger charge is -2.03. The number of hydrogen-bond acceptors (Lipinski definition) is 1. The fourth-order valence-corrected chi connectivity index (χ4v) is 1.60. The molecule has 0 unspecified atom stereocenters. The molecule has 1 aromatic rings. The summed E-state index contributed by atoms with van der Waals surface area (Å²) < 4.78 is 0.773. The van der Waals surface area contributed by atoms with Crippen LogP contribution in [0, 0.1) is 6.92 Å². The molecular formula is C9H8BrClO. The van der Waals surface area contributed by atoms with E-state index < -0.39 is 0 Å². The first kappa shape index (κ1) is 9.75. The fourth-order valence-electron chi connectivity index (χ4n) is 0.930. The third kappa shape index (κ3) is 1.87. The van der Waals surface area contributed by atoms with Gasteiger partial charge in [0, 0.05) is 10.0 Å². The third-order valence-corrected chi connectivity index (χ3v) is 2.97. The quantitative estimate of drug-likeness (QED) is 0.693. The molecule has 0 aliphatic carbocycles. The number of carbonyl (C=O) groups excluding carboxylic acids is 1. The Morgan fingerprint density at radius 3 is 2.50 bits per heavy atom. The average molecular weight is 248 g/mol. The van der Waals surface area contributed by atoms with Crippen molar-refractivity contribution in [1.82, 2.24) is 0 Å². The maximum absolute atomic E-state index is 11.0. The van der Waals surface area contributed by atoms with E-state index in [0.29, 0.717) is 10.6 Å². The second kappa shape index (κ2) is 3.58. The van der Waals surface area contributed by atoms with Crippen molar-refractivity contribution in [2.45, 2.75) is 13.8 Å². The lowest BCUT2D eigenvalue weighted by Crippen LogP contribution is -1.93. The van der Waals surface area contributed by atoms with Crippen LogP contribution in [0.4, 0.5) is 0 Å². The highest BCUT2D eigenvalue weighted by Gasteiger charge is 2.06. The highest BCUT2D eigenvalue weighted by Crippen LogP contribution is 2.27. The zero-order chi connectivity index (χ0) is 9.30. The number of hydrogen-bond donors (Lipinski definition) is 0. The van der Waals surface area contributed by atoms with Gasteiger partial charge in [0.2, 0.25) is 0 Å². The molecule has 1 aromatic carbocycles. The average Bonchev–Trinajstić information content (AvgIpc) is 1.99. The Balaban J connectivity index is 3.31. The topological polar surface area (TPSA) is 17.1 Å². The Labute approximate surface area is 84.9 Å². The number of aryl methyl sites for hydroxylation is 1. The molecule has 12 heavy (non-hydrogen) atoms. The minimum absolute atomic E-state index is 0.0514. The molecule has 1 nitrogen and oxygen atoms in total. The Morgan fingerprint density at radius 1 is 1.50 bits per heavy atom. The molecule has 0 atom stereocenters. The van der Waals surface area contributed by atoms with E-state index in [1.165, 1.54) is 6.92 Å². The van der Waals surface area contributed by atoms with Crippen molar-refractivity contribution >= 4 is 33.3 Å². The highest BCUT2D eigenvalue weighted by molar-refractivity contribution is 9.10. The van der Waals surface area contributed by atoms with Crippen LogP contribution >= 0.6 is 27.5 Å². The molecule has 0 spiro atoms. The van der Waals surface area contributed by atoms with Gasteiger partial charge >= 0.3 is 0 Å². The van der Waals surface area contributed by atoms with Gasteiger partial charge in [-0.05, 0) is 47.5 Å². The number of Topliss-reactive ketones (excluding diaryl/α,β-unsaturated/α-hetero) is 1. The number of halogens is 2. The van der Waals surface area contributed by atoms with Gasteiger partial charge in [-0.1, -0.05) is 11.6 Å². The normalized spacial score (nSPS) is 10.0. The Kier molecular flexibility index (Phi) is 2.91. The van der Waals surface area contributed by atoms with E-state index in [-0.39, 0.29) is 5.78 Å². The van der Waals surface area contributed by atoms with E-state index in [1.807, 2.05) is 6.92 Å². The maximum Gasteiger partial charge on any atom is 0.159 e. The van der Waals surface area contributed by atoms with Crippen LogP contribution in [0.1, 0.15) is 22.8 Å².